The fraction of sp³-hybridized carbons (Fsp3) is 0.158. The molecule has 0 bridgehead atoms. The summed E-state index contributed by atoms with van der Waals surface area (Å²) in [5.41, 5.74) is 0.612. The largest absolute Gasteiger partial charge is 0.494 e. The highest BCUT2D eigenvalue weighted by Crippen LogP contribution is 2.30. The van der Waals surface area contributed by atoms with Crippen LogP contribution in [0.5, 0.6) is 17.2 Å². The summed E-state index contributed by atoms with van der Waals surface area (Å²) in [6, 6.07) is 10.8. The van der Waals surface area contributed by atoms with Gasteiger partial charge >= 0.3 is 0 Å². The minimum Gasteiger partial charge on any atom is -0.494 e. The Kier molecular flexibility index (Phi) is 6.17. The lowest BCUT2D eigenvalue weighted by Crippen LogP contribution is -2.13. The van der Waals surface area contributed by atoms with Gasteiger partial charge < -0.3 is 19.5 Å². The number of benzene rings is 2. The van der Waals surface area contributed by atoms with Gasteiger partial charge in [0.25, 0.3) is 5.91 Å². The van der Waals surface area contributed by atoms with Gasteiger partial charge in [0.05, 0.1) is 21.3 Å². The standard InChI is InChI=1S/C19H17FN2O4/c1-24-16-6-4-12(9-15(16)20)8-13(11-21)19(23)22-14-5-7-17(25-2)18(10-14)26-3/h4-10H,1-3H3,(H,22,23)/b13-8+. The molecule has 0 atom stereocenters. The summed E-state index contributed by atoms with van der Waals surface area (Å²) in [7, 11) is 4.33. The van der Waals surface area contributed by atoms with Gasteiger partial charge in [-0.2, -0.15) is 5.26 Å². The maximum absolute atomic E-state index is 13.7. The minimum atomic E-state index is -0.629. The number of carbonyl (C=O) groups is 1. The van der Waals surface area contributed by atoms with Crippen LogP contribution in [0.15, 0.2) is 42.0 Å². The van der Waals surface area contributed by atoms with Crippen molar-refractivity contribution in [3.63, 3.8) is 0 Å². The molecule has 134 valence electrons. The Hall–Kier alpha value is -3.53. The summed E-state index contributed by atoms with van der Waals surface area (Å²) >= 11 is 0. The van der Waals surface area contributed by atoms with Crippen molar-refractivity contribution < 1.29 is 23.4 Å². The Balaban J connectivity index is 2.24. The van der Waals surface area contributed by atoms with E-state index >= 15 is 0 Å². The molecule has 0 radical (unpaired) electrons. The number of amides is 1. The molecule has 2 rings (SSSR count). The molecule has 6 nitrogen and oxygen atoms in total. The number of nitriles is 1. The van der Waals surface area contributed by atoms with Gasteiger partial charge in [-0.05, 0) is 35.9 Å². The van der Waals surface area contributed by atoms with Crippen LogP contribution in [0.1, 0.15) is 5.56 Å². The van der Waals surface area contributed by atoms with Crippen molar-refractivity contribution in [3.05, 3.63) is 53.4 Å². The topological polar surface area (TPSA) is 80.6 Å². The number of methoxy groups -OCH3 is 3. The Bertz CT molecular complexity index is 888. The first-order chi connectivity index (χ1) is 12.5. The molecule has 2 aromatic carbocycles. The van der Waals surface area contributed by atoms with Gasteiger partial charge in [0, 0.05) is 11.8 Å². The zero-order chi connectivity index (χ0) is 19.1. The summed E-state index contributed by atoms with van der Waals surface area (Å²) < 4.78 is 28.9. The molecule has 26 heavy (non-hydrogen) atoms. The third kappa shape index (κ3) is 4.30. The Morgan fingerprint density at radius 2 is 1.69 bits per heavy atom. The molecule has 0 aliphatic carbocycles. The van der Waals surface area contributed by atoms with Crippen LogP contribution in [0.3, 0.4) is 0 Å². The maximum Gasteiger partial charge on any atom is 0.266 e. The van der Waals surface area contributed by atoms with Crippen LogP contribution < -0.4 is 19.5 Å². The highest BCUT2D eigenvalue weighted by molar-refractivity contribution is 6.09. The van der Waals surface area contributed by atoms with Crippen molar-refractivity contribution in [3.8, 4) is 23.3 Å². The highest BCUT2D eigenvalue weighted by atomic mass is 19.1. The normalized spacial score (nSPS) is 10.7. The van der Waals surface area contributed by atoms with Crippen LogP contribution in [0, 0.1) is 17.1 Å². The monoisotopic (exact) mass is 356 g/mol. The third-order valence-electron chi connectivity index (χ3n) is 3.49. The summed E-state index contributed by atoms with van der Waals surface area (Å²) in [6.45, 7) is 0. The van der Waals surface area contributed by atoms with Crippen molar-refractivity contribution in [2.75, 3.05) is 26.6 Å². The van der Waals surface area contributed by atoms with Gasteiger partial charge in [0.1, 0.15) is 11.6 Å². The Morgan fingerprint density at radius 3 is 2.27 bits per heavy atom. The minimum absolute atomic E-state index is 0.0791. The molecular formula is C19H17FN2O4. The molecule has 0 saturated carbocycles. The second kappa shape index (κ2) is 8.53. The lowest BCUT2D eigenvalue weighted by molar-refractivity contribution is -0.112. The van der Waals surface area contributed by atoms with Crippen LogP contribution in [-0.4, -0.2) is 27.2 Å². The van der Waals surface area contributed by atoms with Crippen LogP contribution in [-0.2, 0) is 4.79 Å². The summed E-state index contributed by atoms with van der Waals surface area (Å²) in [6.07, 6.45) is 1.29. The molecule has 0 saturated heterocycles. The number of ether oxygens (including phenoxy) is 3. The fourth-order valence-electron chi connectivity index (χ4n) is 2.20. The van der Waals surface area contributed by atoms with E-state index in [1.807, 2.05) is 6.07 Å². The van der Waals surface area contributed by atoms with E-state index in [1.165, 1.54) is 39.5 Å². The number of nitrogens with one attached hydrogen (secondary N) is 1. The van der Waals surface area contributed by atoms with E-state index in [0.29, 0.717) is 22.7 Å². The Labute approximate surface area is 150 Å². The second-order valence-corrected chi connectivity index (χ2v) is 5.09. The van der Waals surface area contributed by atoms with E-state index in [2.05, 4.69) is 5.32 Å². The van der Waals surface area contributed by atoms with Crippen LogP contribution >= 0.6 is 0 Å². The molecule has 0 aromatic heterocycles. The summed E-state index contributed by atoms with van der Waals surface area (Å²) in [5.74, 6) is -0.189. The highest BCUT2D eigenvalue weighted by Gasteiger charge is 2.12. The van der Waals surface area contributed by atoms with Gasteiger partial charge in [0.15, 0.2) is 23.1 Å². The molecule has 2 aromatic rings. The average Bonchev–Trinajstić information content (AvgIpc) is 2.65. The molecular weight excluding hydrogens is 339 g/mol. The molecule has 1 N–H and O–H groups in total. The zero-order valence-electron chi connectivity index (χ0n) is 14.5. The van der Waals surface area contributed by atoms with E-state index < -0.39 is 11.7 Å². The third-order valence-corrected chi connectivity index (χ3v) is 3.49. The number of anilines is 1. The number of rotatable bonds is 6. The number of carbonyl (C=O) groups excluding carboxylic acids is 1. The van der Waals surface area contributed by atoms with E-state index in [4.69, 9.17) is 14.2 Å². The van der Waals surface area contributed by atoms with Crippen molar-refractivity contribution in [2.45, 2.75) is 0 Å². The molecule has 0 fully saturated rings. The number of halogens is 1. The zero-order valence-corrected chi connectivity index (χ0v) is 14.5. The van der Waals surface area contributed by atoms with E-state index in [9.17, 15) is 14.4 Å². The lowest BCUT2D eigenvalue weighted by Gasteiger charge is -2.10. The van der Waals surface area contributed by atoms with Crippen LogP contribution in [0.2, 0.25) is 0 Å². The van der Waals surface area contributed by atoms with Gasteiger partial charge in [-0.3, -0.25) is 4.79 Å². The van der Waals surface area contributed by atoms with Crippen LogP contribution in [0.25, 0.3) is 6.08 Å². The molecule has 7 heteroatoms. The second-order valence-electron chi connectivity index (χ2n) is 5.09. The van der Waals surface area contributed by atoms with E-state index in [1.54, 1.807) is 24.3 Å². The first kappa shape index (κ1) is 18.8. The fourth-order valence-corrected chi connectivity index (χ4v) is 2.20. The SMILES string of the molecule is COc1ccc(/C=C(\C#N)C(=O)Nc2ccc(OC)c(OC)c2)cc1F. The number of hydrogen-bond acceptors (Lipinski definition) is 5. The molecule has 0 spiro atoms. The lowest BCUT2D eigenvalue weighted by atomic mass is 10.1. The van der Waals surface area contributed by atoms with Crippen molar-refractivity contribution in [1.29, 1.82) is 5.26 Å². The quantitative estimate of drug-likeness (QED) is 0.634. The maximum atomic E-state index is 13.7. The van der Waals surface area contributed by atoms with Crippen molar-refractivity contribution in [2.24, 2.45) is 0 Å². The average molecular weight is 356 g/mol. The van der Waals surface area contributed by atoms with Gasteiger partial charge in [-0.25, -0.2) is 4.39 Å². The molecule has 0 unspecified atom stereocenters. The predicted molar refractivity (Wildman–Crippen MR) is 94.7 cm³/mol. The number of hydrogen-bond donors (Lipinski definition) is 1. The summed E-state index contributed by atoms with van der Waals surface area (Å²) in [4.78, 5) is 12.3. The van der Waals surface area contributed by atoms with Gasteiger partial charge in [0.2, 0.25) is 0 Å². The first-order valence-corrected chi connectivity index (χ1v) is 7.51. The smallest absolute Gasteiger partial charge is 0.266 e. The van der Waals surface area contributed by atoms with Crippen LogP contribution in [0.4, 0.5) is 10.1 Å². The first-order valence-electron chi connectivity index (χ1n) is 7.51. The molecule has 0 heterocycles. The predicted octanol–water partition coefficient (Wildman–Crippen LogP) is 3.40. The van der Waals surface area contributed by atoms with E-state index in [0.717, 1.165) is 0 Å². The van der Waals surface area contributed by atoms with Gasteiger partial charge in [-0.15, -0.1) is 0 Å². The Morgan fingerprint density at radius 1 is 1.04 bits per heavy atom. The molecule has 0 aliphatic rings. The van der Waals surface area contributed by atoms with E-state index in [-0.39, 0.29) is 11.3 Å². The van der Waals surface area contributed by atoms with Gasteiger partial charge in [-0.1, -0.05) is 6.07 Å². The molecule has 0 aliphatic heterocycles. The van der Waals surface area contributed by atoms with Crippen molar-refractivity contribution >= 4 is 17.7 Å². The van der Waals surface area contributed by atoms with Crippen molar-refractivity contribution in [1.82, 2.24) is 0 Å². The number of nitrogens with zero attached hydrogens (tertiary/aromatic N) is 1. The summed E-state index contributed by atoms with van der Waals surface area (Å²) in [5, 5.41) is 11.8. The molecule has 1 amide bonds.